The SMILES string of the molecule is CCc1cc(C)cc(CC)c1C1C(=O)CC(CCSc2nc(OC)cc(OC)n2)CC1=O. The number of nitrogens with zero attached hydrogens (tertiary/aromatic N) is 2. The zero-order valence-corrected chi connectivity index (χ0v) is 20.4. The van der Waals surface area contributed by atoms with Crippen molar-refractivity contribution in [2.75, 3.05) is 20.0 Å². The van der Waals surface area contributed by atoms with Gasteiger partial charge in [-0.1, -0.05) is 43.3 Å². The lowest BCUT2D eigenvalue weighted by Crippen LogP contribution is -2.33. The van der Waals surface area contributed by atoms with Crippen LogP contribution in [0.2, 0.25) is 0 Å². The number of rotatable bonds is 9. The van der Waals surface area contributed by atoms with E-state index in [1.807, 2.05) is 0 Å². The van der Waals surface area contributed by atoms with Gasteiger partial charge in [0.2, 0.25) is 11.8 Å². The van der Waals surface area contributed by atoms with E-state index in [0.29, 0.717) is 29.8 Å². The monoisotopic (exact) mass is 456 g/mol. The van der Waals surface area contributed by atoms with Crippen LogP contribution in [0, 0.1) is 12.8 Å². The quantitative estimate of drug-likeness (QED) is 0.306. The molecule has 0 atom stereocenters. The van der Waals surface area contributed by atoms with E-state index in [2.05, 4.69) is 42.9 Å². The molecule has 1 aliphatic carbocycles. The zero-order valence-electron chi connectivity index (χ0n) is 19.6. The molecule has 3 rings (SSSR count). The number of aromatic nitrogens is 2. The predicted molar refractivity (Wildman–Crippen MR) is 126 cm³/mol. The van der Waals surface area contributed by atoms with E-state index in [9.17, 15) is 9.59 Å². The highest BCUT2D eigenvalue weighted by Gasteiger charge is 2.38. The van der Waals surface area contributed by atoms with Crippen molar-refractivity contribution < 1.29 is 19.1 Å². The van der Waals surface area contributed by atoms with Crippen molar-refractivity contribution in [3.8, 4) is 11.8 Å². The van der Waals surface area contributed by atoms with Crippen LogP contribution in [0.25, 0.3) is 0 Å². The summed E-state index contributed by atoms with van der Waals surface area (Å²) in [6, 6.07) is 5.88. The van der Waals surface area contributed by atoms with Crippen LogP contribution in [0.15, 0.2) is 23.4 Å². The van der Waals surface area contributed by atoms with Gasteiger partial charge in [-0.15, -0.1) is 0 Å². The molecule has 32 heavy (non-hydrogen) atoms. The molecule has 1 aromatic heterocycles. The second-order valence-electron chi connectivity index (χ2n) is 8.22. The lowest BCUT2D eigenvalue weighted by Gasteiger charge is -2.29. The van der Waals surface area contributed by atoms with Gasteiger partial charge in [-0.05, 0) is 48.8 Å². The van der Waals surface area contributed by atoms with Gasteiger partial charge in [0.15, 0.2) is 5.16 Å². The maximum atomic E-state index is 13.2. The highest BCUT2D eigenvalue weighted by molar-refractivity contribution is 7.99. The van der Waals surface area contributed by atoms with Crippen molar-refractivity contribution in [2.24, 2.45) is 5.92 Å². The summed E-state index contributed by atoms with van der Waals surface area (Å²) in [5, 5.41) is 0.562. The minimum absolute atomic E-state index is 0.0591. The summed E-state index contributed by atoms with van der Waals surface area (Å²) in [6.07, 6.45) is 3.29. The Morgan fingerprint density at radius 2 is 1.47 bits per heavy atom. The summed E-state index contributed by atoms with van der Waals surface area (Å²) in [5.41, 5.74) is 4.42. The van der Waals surface area contributed by atoms with Gasteiger partial charge in [-0.25, -0.2) is 0 Å². The molecule has 0 unspecified atom stereocenters. The minimum Gasteiger partial charge on any atom is -0.481 e. The molecule has 0 saturated heterocycles. The predicted octanol–water partition coefficient (Wildman–Crippen LogP) is 4.74. The lowest BCUT2D eigenvalue weighted by molar-refractivity contribution is -0.133. The molecule has 7 heteroatoms. The number of thioether (sulfide) groups is 1. The first-order valence-electron chi connectivity index (χ1n) is 11.2. The summed E-state index contributed by atoms with van der Waals surface area (Å²) >= 11 is 1.48. The molecule has 0 aliphatic heterocycles. The van der Waals surface area contributed by atoms with Gasteiger partial charge in [0.05, 0.1) is 20.3 Å². The normalized spacial score (nSPS) is 18.7. The molecule has 2 aromatic rings. The lowest BCUT2D eigenvalue weighted by atomic mass is 9.73. The molecule has 1 saturated carbocycles. The molecule has 6 nitrogen and oxygen atoms in total. The van der Waals surface area contributed by atoms with Crippen LogP contribution in [0.1, 0.15) is 61.3 Å². The molecule has 0 amide bonds. The number of ether oxygens (including phenoxy) is 2. The number of benzene rings is 1. The molecule has 1 aromatic carbocycles. The van der Waals surface area contributed by atoms with Gasteiger partial charge in [0.25, 0.3) is 0 Å². The van der Waals surface area contributed by atoms with Gasteiger partial charge < -0.3 is 9.47 Å². The first kappa shape index (κ1) is 24.2. The summed E-state index contributed by atoms with van der Waals surface area (Å²) in [4.78, 5) is 35.0. The van der Waals surface area contributed by atoms with E-state index in [4.69, 9.17) is 9.47 Å². The third kappa shape index (κ3) is 5.49. The van der Waals surface area contributed by atoms with Crippen LogP contribution in [-0.2, 0) is 22.4 Å². The Labute approximate surface area is 194 Å². The van der Waals surface area contributed by atoms with Crippen LogP contribution in [0.4, 0.5) is 0 Å². The van der Waals surface area contributed by atoms with Crippen molar-refractivity contribution in [2.45, 2.75) is 63.9 Å². The van der Waals surface area contributed by atoms with Crippen LogP contribution < -0.4 is 9.47 Å². The molecule has 0 bridgehead atoms. The first-order chi connectivity index (χ1) is 15.4. The van der Waals surface area contributed by atoms with Crippen LogP contribution in [0.3, 0.4) is 0 Å². The molecule has 0 N–H and O–H groups in total. The van der Waals surface area contributed by atoms with Crippen molar-refractivity contribution >= 4 is 23.3 Å². The van der Waals surface area contributed by atoms with E-state index in [1.54, 1.807) is 20.3 Å². The Morgan fingerprint density at radius 3 is 1.94 bits per heavy atom. The van der Waals surface area contributed by atoms with Gasteiger partial charge >= 0.3 is 0 Å². The highest BCUT2D eigenvalue weighted by Crippen LogP contribution is 2.37. The maximum absolute atomic E-state index is 13.2. The fraction of sp³-hybridized carbons (Fsp3) is 0.520. The number of hydrogen-bond donors (Lipinski definition) is 0. The average Bonchev–Trinajstić information content (AvgIpc) is 2.78. The third-order valence-electron chi connectivity index (χ3n) is 6.00. The summed E-state index contributed by atoms with van der Waals surface area (Å²) in [7, 11) is 3.10. The second-order valence-corrected chi connectivity index (χ2v) is 9.28. The average molecular weight is 457 g/mol. The van der Waals surface area contributed by atoms with Gasteiger partial charge in [0.1, 0.15) is 17.5 Å². The van der Waals surface area contributed by atoms with Crippen LogP contribution >= 0.6 is 11.8 Å². The number of carbonyl (C=O) groups is 2. The van der Waals surface area contributed by atoms with Crippen LogP contribution in [-0.4, -0.2) is 41.5 Å². The smallest absolute Gasteiger partial charge is 0.220 e. The number of carbonyl (C=O) groups excluding carboxylic acids is 2. The Bertz CT molecular complexity index is 927. The zero-order chi connectivity index (χ0) is 23.3. The van der Waals surface area contributed by atoms with Crippen molar-refractivity contribution in [3.05, 3.63) is 40.5 Å². The Kier molecular flexibility index (Phi) is 8.29. The van der Waals surface area contributed by atoms with Gasteiger partial charge in [0, 0.05) is 18.6 Å². The van der Waals surface area contributed by atoms with E-state index in [0.717, 1.165) is 41.7 Å². The van der Waals surface area contributed by atoms with E-state index >= 15 is 0 Å². The summed E-state index contributed by atoms with van der Waals surface area (Å²) in [5.74, 6) is 1.19. The maximum Gasteiger partial charge on any atom is 0.220 e. The molecule has 1 aliphatic rings. The molecule has 172 valence electrons. The number of aryl methyl sites for hydroxylation is 3. The van der Waals surface area contributed by atoms with Gasteiger partial charge in [-0.2, -0.15) is 9.97 Å². The number of Topliss-reactive ketones (excluding diaryl/α,β-unsaturated/α-hetero) is 2. The van der Waals surface area contributed by atoms with Crippen molar-refractivity contribution in [1.29, 1.82) is 0 Å². The largest absolute Gasteiger partial charge is 0.481 e. The Morgan fingerprint density at radius 1 is 0.938 bits per heavy atom. The summed E-state index contributed by atoms with van der Waals surface area (Å²) in [6.45, 7) is 6.25. The minimum atomic E-state index is -0.601. The molecule has 1 fully saturated rings. The molecule has 0 spiro atoms. The van der Waals surface area contributed by atoms with E-state index < -0.39 is 5.92 Å². The number of ketones is 2. The van der Waals surface area contributed by atoms with E-state index in [1.165, 1.54) is 17.3 Å². The van der Waals surface area contributed by atoms with Crippen molar-refractivity contribution in [1.82, 2.24) is 9.97 Å². The molecular weight excluding hydrogens is 424 g/mol. The second kappa shape index (κ2) is 10.9. The Balaban J connectivity index is 1.68. The van der Waals surface area contributed by atoms with Crippen LogP contribution in [0.5, 0.6) is 11.8 Å². The Hall–Kier alpha value is -2.41. The number of methoxy groups -OCH3 is 2. The topological polar surface area (TPSA) is 78.4 Å². The number of hydrogen-bond acceptors (Lipinski definition) is 7. The fourth-order valence-corrected chi connectivity index (χ4v) is 5.41. The summed E-state index contributed by atoms with van der Waals surface area (Å²) < 4.78 is 10.4. The standard InChI is InChI=1S/C25H32N2O4S/c1-6-17-10-15(3)11-18(7-2)23(17)24-19(28)12-16(13-20(24)29)8-9-32-25-26-21(30-4)14-22(27-25)31-5/h10-11,14,16,24H,6-9,12-13H2,1-5H3. The van der Waals surface area contributed by atoms with Crippen molar-refractivity contribution in [3.63, 3.8) is 0 Å². The highest BCUT2D eigenvalue weighted by atomic mass is 32.2. The fourth-order valence-electron chi connectivity index (χ4n) is 4.47. The molecular formula is C25H32N2O4S. The molecule has 0 radical (unpaired) electrons. The third-order valence-corrected chi connectivity index (χ3v) is 6.88. The first-order valence-corrected chi connectivity index (χ1v) is 12.2. The molecule has 1 heterocycles. The van der Waals surface area contributed by atoms with Gasteiger partial charge in [-0.3, -0.25) is 9.59 Å². The van der Waals surface area contributed by atoms with E-state index in [-0.39, 0.29) is 17.5 Å².